The summed E-state index contributed by atoms with van der Waals surface area (Å²) >= 11 is 0. The lowest BCUT2D eigenvalue weighted by Crippen LogP contribution is -2.27. The SMILES string of the molecule is Cc1ccc2c(c1)NC(c1cc3c(CO)cnc(C)c3oc1=O)=NS2(=O)=O. The molecule has 3 heterocycles. The highest BCUT2D eigenvalue weighted by atomic mass is 32.2. The number of hydrogen-bond donors (Lipinski definition) is 2. The van der Waals surface area contributed by atoms with Crippen molar-refractivity contribution in [1.29, 1.82) is 0 Å². The molecule has 0 saturated heterocycles. The summed E-state index contributed by atoms with van der Waals surface area (Å²) in [6, 6.07) is 6.27. The standard InChI is InChI=1S/C18H15N3O5S/c1-9-3-4-15-14(5-9)20-17(21-27(15,24)25)13-6-12-11(8-22)7-19-10(2)16(12)26-18(13)23/h3-7,22H,8H2,1-2H3,(H,20,21). The third-order valence-corrected chi connectivity index (χ3v) is 5.67. The number of rotatable bonds is 2. The molecule has 138 valence electrons. The first-order valence-corrected chi connectivity index (χ1v) is 9.50. The second kappa shape index (κ2) is 6.00. The number of hydrogen-bond acceptors (Lipinski definition) is 7. The largest absolute Gasteiger partial charge is 0.420 e. The summed E-state index contributed by atoms with van der Waals surface area (Å²) < 4.78 is 34.1. The second-order valence-electron chi connectivity index (χ2n) is 6.26. The molecule has 0 bridgehead atoms. The predicted molar refractivity (Wildman–Crippen MR) is 99.5 cm³/mol. The van der Waals surface area contributed by atoms with Crippen molar-refractivity contribution >= 4 is 32.5 Å². The van der Waals surface area contributed by atoms with E-state index < -0.39 is 15.6 Å². The summed E-state index contributed by atoms with van der Waals surface area (Å²) in [5.41, 5.74) is 1.58. The normalized spacial score (nSPS) is 15.1. The van der Waals surface area contributed by atoms with Crippen LogP contribution in [0.25, 0.3) is 11.0 Å². The molecule has 0 aliphatic carbocycles. The zero-order valence-corrected chi connectivity index (χ0v) is 15.3. The van der Waals surface area contributed by atoms with Crippen LogP contribution in [0.1, 0.15) is 22.4 Å². The smallest absolute Gasteiger partial charge is 0.347 e. The van der Waals surface area contributed by atoms with Crippen LogP contribution in [0.15, 0.2) is 49.0 Å². The maximum Gasteiger partial charge on any atom is 0.347 e. The number of pyridine rings is 1. The van der Waals surface area contributed by atoms with E-state index in [0.717, 1.165) is 5.56 Å². The van der Waals surface area contributed by atoms with Gasteiger partial charge in [-0.3, -0.25) is 4.98 Å². The number of sulfonamides is 1. The van der Waals surface area contributed by atoms with Gasteiger partial charge < -0.3 is 14.8 Å². The Labute approximate surface area is 154 Å². The quantitative estimate of drug-likeness (QED) is 0.690. The first-order valence-electron chi connectivity index (χ1n) is 8.06. The molecule has 1 aromatic carbocycles. The molecule has 27 heavy (non-hydrogen) atoms. The van der Waals surface area contributed by atoms with Crippen molar-refractivity contribution in [2.75, 3.05) is 5.32 Å². The Hall–Kier alpha value is -3.04. The molecule has 0 unspecified atom stereocenters. The molecule has 1 aliphatic heterocycles. The minimum Gasteiger partial charge on any atom is -0.420 e. The average Bonchev–Trinajstić information content (AvgIpc) is 2.61. The van der Waals surface area contributed by atoms with Crippen molar-refractivity contribution in [2.45, 2.75) is 25.3 Å². The molecule has 4 rings (SSSR count). The zero-order valence-electron chi connectivity index (χ0n) is 14.5. The van der Waals surface area contributed by atoms with Gasteiger partial charge in [0.25, 0.3) is 10.0 Å². The molecule has 0 spiro atoms. The molecular formula is C18H15N3O5S. The number of benzene rings is 1. The van der Waals surface area contributed by atoms with Gasteiger partial charge in [-0.1, -0.05) is 6.07 Å². The van der Waals surface area contributed by atoms with E-state index in [9.17, 15) is 18.3 Å². The average molecular weight is 385 g/mol. The van der Waals surface area contributed by atoms with Gasteiger partial charge in [0.1, 0.15) is 10.5 Å². The van der Waals surface area contributed by atoms with Gasteiger partial charge in [0.05, 0.1) is 18.0 Å². The van der Waals surface area contributed by atoms with E-state index in [1.807, 2.05) is 6.92 Å². The molecule has 0 fully saturated rings. The minimum atomic E-state index is -3.97. The summed E-state index contributed by atoms with van der Waals surface area (Å²) in [4.78, 5) is 16.6. The van der Waals surface area contributed by atoms with Crippen molar-refractivity contribution in [3.05, 3.63) is 63.3 Å². The van der Waals surface area contributed by atoms with Crippen LogP contribution in [-0.2, 0) is 16.6 Å². The highest BCUT2D eigenvalue weighted by Gasteiger charge is 2.27. The van der Waals surface area contributed by atoms with Crippen LogP contribution in [0.2, 0.25) is 0 Å². The number of nitrogens with one attached hydrogen (secondary N) is 1. The summed E-state index contributed by atoms with van der Waals surface area (Å²) in [6.45, 7) is 3.19. The van der Waals surface area contributed by atoms with Crippen LogP contribution in [0.4, 0.5) is 5.69 Å². The number of amidine groups is 1. The van der Waals surface area contributed by atoms with E-state index in [2.05, 4.69) is 14.7 Å². The maximum absolute atomic E-state index is 12.5. The van der Waals surface area contributed by atoms with Crippen molar-refractivity contribution in [3.8, 4) is 0 Å². The van der Waals surface area contributed by atoms with E-state index in [1.54, 1.807) is 19.1 Å². The summed E-state index contributed by atoms with van der Waals surface area (Å²) in [5, 5.41) is 12.9. The molecule has 0 radical (unpaired) electrons. The molecule has 9 heteroatoms. The fourth-order valence-corrected chi connectivity index (χ4v) is 4.09. The van der Waals surface area contributed by atoms with E-state index >= 15 is 0 Å². The van der Waals surface area contributed by atoms with Gasteiger partial charge in [0, 0.05) is 17.1 Å². The van der Waals surface area contributed by atoms with Crippen molar-refractivity contribution in [2.24, 2.45) is 4.40 Å². The highest BCUT2D eigenvalue weighted by Crippen LogP contribution is 2.29. The van der Waals surface area contributed by atoms with E-state index in [-0.39, 0.29) is 28.5 Å². The van der Waals surface area contributed by atoms with Crippen LogP contribution in [0.3, 0.4) is 0 Å². The number of aryl methyl sites for hydroxylation is 2. The van der Waals surface area contributed by atoms with Gasteiger partial charge >= 0.3 is 5.63 Å². The Kier molecular flexibility index (Phi) is 3.86. The second-order valence-corrected chi connectivity index (χ2v) is 7.83. The fourth-order valence-electron chi connectivity index (χ4n) is 2.98. The first-order chi connectivity index (χ1) is 12.8. The molecule has 8 nitrogen and oxygen atoms in total. The zero-order chi connectivity index (χ0) is 19.3. The van der Waals surface area contributed by atoms with Crippen LogP contribution in [-0.4, -0.2) is 24.3 Å². The van der Waals surface area contributed by atoms with Crippen molar-refractivity contribution < 1.29 is 17.9 Å². The van der Waals surface area contributed by atoms with Crippen molar-refractivity contribution in [3.63, 3.8) is 0 Å². The molecular weight excluding hydrogens is 370 g/mol. The number of fused-ring (bicyclic) bond motifs is 2. The van der Waals surface area contributed by atoms with Crippen LogP contribution >= 0.6 is 0 Å². The van der Waals surface area contributed by atoms with Crippen LogP contribution in [0, 0.1) is 13.8 Å². The Morgan fingerprint density at radius 3 is 2.74 bits per heavy atom. The van der Waals surface area contributed by atoms with Crippen molar-refractivity contribution in [1.82, 2.24) is 4.98 Å². The number of nitrogens with zero attached hydrogens (tertiary/aromatic N) is 2. The van der Waals surface area contributed by atoms with E-state index in [1.165, 1.54) is 18.3 Å². The lowest BCUT2D eigenvalue weighted by molar-refractivity contribution is 0.282. The topological polar surface area (TPSA) is 122 Å². The third kappa shape index (κ3) is 2.81. The summed E-state index contributed by atoms with van der Waals surface area (Å²) in [6.07, 6.45) is 1.48. The summed E-state index contributed by atoms with van der Waals surface area (Å²) in [7, 11) is -3.97. The number of aromatic nitrogens is 1. The van der Waals surface area contributed by atoms with E-state index in [0.29, 0.717) is 22.3 Å². The van der Waals surface area contributed by atoms with Gasteiger partial charge in [-0.05, 0) is 37.6 Å². The number of anilines is 1. The molecule has 2 aromatic heterocycles. The molecule has 0 saturated carbocycles. The lowest BCUT2D eigenvalue weighted by Gasteiger charge is -2.18. The third-order valence-electron chi connectivity index (χ3n) is 4.34. The first kappa shape index (κ1) is 17.4. The number of aliphatic hydroxyl groups is 1. The predicted octanol–water partition coefficient (Wildman–Crippen LogP) is 1.86. The van der Waals surface area contributed by atoms with E-state index in [4.69, 9.17) is 4.42 Å². The molecule has 2 N–H and O–H groups in total. The maximum atomic E-state index is 12.5. The molecule has 1 aliphatic rings. The monoisotopic (exact) mass is 385 g/mol. The molecule has 0 amide bonds. The Morgan fingerprint density at radius 2 is 2.00 bits per heavy atom. The van der Waals surface area contributed by atoms with Gasteiger partial charge in [-0.25, -0.2) is 4.79 Å². The van der Waals surface area contributed by atoms with Crippen LogP contribution in [0.5, 0.6) is 0 Å². The molecule has 0 atom stereocenters. The fraction of sp³-hybridized carbons (Fsp3) is 0.167. The van der Waals surface area contributed by atoms with Gasteiger partial charge in [-0.15, -0.1) is 4.40 Å². The van der Waals surface area contributed by atoms with Crippen LogP contribution < -0.4 is 10.9 Å². The number of aliphatic hydroxyl groups excluding tert-OH is 1. The Bertz CT molecular complexity index is 1290. The summed E-state index contributed by atoms with van der Waals surface area (Å²) in [5.74, 6) is -0.123. The Balaban J connectivity index is 1.97. The van der Waals surface area contributed by atoms with Gasteiger partial charge in [-0.2, -0.15) is 8.42 Å². The molecule has 3 aromatic rings. The highest BCUT2D eigenvalue weighted by molar-refractivity contribution is 7.90. The van der Waals surface area contributed by atoms with Gasteiger partial charge in [0.2, 0.25) is 0 Å². The lowest BCUT2D eigenvalue weighted by atomic mass is 10.1. The Morgan fingerprint density at radius 1 is 1.22 bits per heavy atom. The minimum absolute atomic E-state index is 0.0399. The van der Waals surface area contributed by atoms with Gasteiger partial charge in [0.15, 0.2) is 11.4 Å².